The van der Waals surface area contributed by atoms with Gasteiger partial charge in [-0.25, -0.2) is 12.8 Å². The number of carboxylic acid groups (broad SMARTS) is 1. The Balaban J connectivity index is 2.32. The number of benzene rings is 2. The van der Waals surface area contributed by atoms with Crippen molar-refractivity contribution in [3.05, 3.63) is 64.6 Å². The number of halogens is 2. The van der Waals surface area contributed by atoms with E-state index < -0.39 is 28.0 Å². The number of rotatable bonds is 5. The maximum atomic E-state index is 13.7. The first-order valence-corrected chi connectivity index (χ1v) is 9.90. The number of fused-ring (bicyclic) bond motifs is 1. The van der Waals surface area contributed by atoms with Crippen molar-refractivity contribution >= 4 is 38.3 Å². The van der Waals surface area contributed by atoms with E-state index in [0.29, 0.717) is 10.5 Å². The van der Waals surface area contributed by atoms with Crippen molar-refractivity contribution < 1.29 is 22.7 Å². The zero-order valence-corrected chi connectivity index (χ0v) is 15.3. The maximum absolute atomic E-state index is 13.7. The van der Waals surface area contributed by atoms with Crippen molar-refractivity contribution in [1.29, 1.82) is 0 Å². The van der Waals surface area contributed by atoms with Crippen LogP contribution in [0.3, 0.4) is 0 Å². The molecule has 26 heavy (non-hydrogen) atoms. The molecule has 0 saturated carbocycles. The van der Waals surface area contributed by atoms with Crippen LogP contribution in [-0.2, 0) is 27.6 Å². The molecule has 0 bridgehead atoms. The average molecular weight is 396 g/mol. The second-order valence-electron chi connectivity index (χ2n) is 5.99. The van der Waals surface area contributed by atoms with E-state index in [1.807, 2.05) is 0 Å². The zero-order valence-electron chi connectivity index (χ0n) is 13.7. The number of sulfone groups is 1. The number of carbonyl (C=O) groups is 1. The molecule has 2 aromatic carbocycles. The fourth-order valence-electron chi connectivity index (χ4n) is 3.03. The number of carboxylic acids is 1. The van der Waals surface area contributed by atoms with Crippen LogP contribution in [0, 0.1) is 5.82 Å². The highest BCUT2D eigenvalue weighted by Gasteiger charge is 2.26. The molecular weight excluding hydrogens is 381 g/mol. The Labute approximate surface area is 154 Å². The van der Waals surface area contributed by atoms with Gasteiger partial charge in [0.2, 0.25) is 0 Å². The molecular formula is C18H15ClFNO4S. The Hall–Kier alpha value is -2.38. The van der Waals surface area contributed by atoms with E-state index in [9.17, 15) is 22.7 Å². The average Bonchev–Trinajstić information content (AvgIpc) is 2.81. The SMILES string of the molecule is CS(=O)(=O)c1c(CC(=O)O)n(Cc2ccc(Cl)cc2)c2ccc(F)cc12. The van der Waals surface area contributed by atoms with E-state index in [-0.39, 0.29) is 22.5 Å². The molecule has 0 aliphatic rings. The lowest BCUT2D eigenvalue weighted by Gasteiger charge is -2.11. The largest absolute Gasteiger partial charge is 0.481 e. The highest BCUT2D eigenvalue weighted by atomic mass is 35.5. The molecule has 5 nitrogen and oxygen atoms in total. The molecule has 0 aliphatic heterocycles. The normalized spacial score (nSPS) is 11.8. The third kappa shape index (κ3) is 3.59. The van der Waals surface area contributed by atoms with Crippen LogP contribution in [0.5, 0.6) is 0 Å². The Bertz CT molecular complexity index is 1100. The van der Waals surface area contributed by atoms with Gasteiger partial charge in [0, 0.05) is 28.9 Å². The van der Waals surface area contributed by atoms with Gasteiger partial charge in [-0.3, -0.25) is 4.79 Å². The van der Waals surface area contributed by atoms with Crippen molar-refractivity contribution in [3.63, 3.8) is 0 Å². The molecule has 0 spiro atoms. The van der Waals surface area contributed by atoms with Gasteiger partial charge in [0.15, 0.2) is 9.84 Å². The number of aromatic nitrogens is 1. The highest BCUT2D eigenvalue weighted by molar-refractivity contribution is 7.91. The monoisotopic (exact) mass is 395 g/mol. The lowest BCUT2D eigenvalue weighted by molar-refractivity contribution is -0.136. The Morgan fingerprint density at radius 3 is 2.42 bits per heavy atom. The Kier molecular flexibility index (Phi) is 4.77. The minimum absolute atomic E-state index is 0.121. The van der Waals surface area contributed by atoms with Crippen LogP contribution in [0.25, 0.3) is 10.9 Å². The molecule has 0 atom stereocenters. The van der Waals surface area contributed by atoms with Crippen LogP contribution in [0.2, 0.25) is 5.02 Å². The summed E-state index contributed by atoms with van der Waals surface area (Å²) in [4.78, 5) is 11.2. The molecule has 0 aliphatic carbocycles. The number of hydrogen-bond donors (Lipinski definition) is 1. The molecule has 0 fully saturated rings. The molecule has 1 heterocycles. The molecule has 0 saturated heterocycles. The van der Waals surface area contributed by atoms with Crippen LogP contribution >= 0.6 is 11.6 Å². The van der Waals surface area contributed by atoms with Gasteiger partial charge in [0.25, 0.3) is 0 Å². The third-order valence-electron chi connectivity index (χ3n) is 4.03. The second-order valence-corrected chi connectivity index (χ2v) is 8.38. The summed E-state index contributed by atoms with van der Waals surface area (Å²) in [6, 6.07) is 10.7. The molecule has 0 radical (unpaired) electrons. The van der Waals surface area contributed by atoms with E-state index >= 15 is 0 Å². The highest BCUT2D eigenvalue weighted by Crippen LogP contribution is 2.32. The number of nitrogens with zero attached hydrogens (tertiary/aromatic N) is 1. The van der Waals surface area contributed by atoms with Crippen LogP contribution in [0.15, 0.2) is 47.4 Å². The summed E-state index contributed by atoms with van der Waals surface area (Å²) in [6.45, 7) is 0.234. The van der Waals surface area contributed by atoms with E-state index in [4.69, 9.17) is 11.6 Å². The standard InChI is InChI=1S/C18H15ClFNO4S/c1-26(24,25)18-14-8-13(20)6-7-15(14)21(16(18)9-17(22)23)10-11-2-4-12(19)5-3-11/h2-8H,9-10H2,1H3,(H,22,23). The van der Waals surface area contributed by atoms with Gasteiger partial charge >= 0.3 is 5.97 Å². The molecule has 1 N–H and O–H groups in total. The number of hydrogen-bond acceptors (Lipinski definition) is 3. The molecule has 8 heteroatoms. The van der Waals surface area contributed by atoms with E-state index in [2.05, 4.69) is 0 Å². The molecule has 136 valence electrons. The Morgan fingerprint density at radius 2 is 1.85 bits per heavy atom. The predicted molar refractivity (Wildman–Crippen MR) is 96.9 cm³/mol. The van der Waals surface area contributed by atoms with Crippen molar-refractivity contribution in [2.24, 2.45) is 0 Å². The fourth-order valence-corrected chi connectivity index (χ4v) is 4.33. The second kappa shape index (κ2) is 6.74. The molecule has 1 aromatic heterocycles. The minimum atomic E-state index is -3.77. The maximum Gasteiger partial charge on any atom is 0.309 e. The van der Waals surface area contributed by atoms with Crippen molar-refractivity contribution in [2.45, 2.75) is 17.9 Å². The molecule has 3 rings (SSSR count). The summed E-state index contributed by atoms with van der Waals surface area (Å²) in [5.41, 5.74) is 1.39. The summed E-state index contributed by atoms with van der Waals surface area (Å²) in [5.74, 6) is -1.76. The van der Waals surface area contributed by atoms with Crippen LogP contribution in [0.1, 0.15) is 11.3 Å². The lowest BCUT2D eigenvalue weighted by Crippen LogP contribution is -2.12. The van der Waals surface area contributed by atoms with Gasteiger partial charge in [0.1, 0.15) is 5.82 Å². The van der Waals surface area contributed by atoms with Gasteiger partial charge < -0.3 is 9.67 Å². The van der Waals surface area contributed by atoms with Crippen molar-refractivity contribution in [1.82, 2.24) is 4.57 Å². The van der Waals surface area contributed by atoms with E-state index in [1.165, 1.54) is 12.1 Å². The van der Waals surface area contributed by atoms with Crippen molar-refractivity contribution in [3.8, 4) is 0 Å². The van der Waals surface area contributed by atoms with Gasteiger partial charge in [-0.15, -0.1) is 0 Å². The quantitative estimate of drug-likeness (QED) is 0.717. The van der Waals surface area contributed by atoms with Crippen molar-refractivity contribution in [2.75, 3.05) is 6.26 Å². The minimum Gasteiger partial charge on any atom is -0.481 e. The van der Waals surface area contributed by atoms with Crippen LogP contribution < -0.4 is 0 Å². The molecule has 3 aromatic rings. The van der Waals surface area contributed by atoms with E-state index in [1.54, 1.807) is 28.8 Å². The summed E-state index contributed by atoms with van der Waals surface area (Å²) in [7, 11) is -3.77. The first-order valence-electron chi connectivity index (χ1n) is 7.63. The van der Waals surface area contributed by atoms with E-state index in [0.717, 1.165) is 17.9 Å². The topological polar surface area (TPSA) is 76.4 Å². The van der Waals surface area contributed by atoms with Crippen LogP contribution in [0.4, 0.5) is 4.39 Å². The first-order chi connectivity index (χ1) is 12.2. The third-order valence-corrected chi connectivity index (χ3v) is 5.47. The number of aliphatic carboxylic acids is 1. The summed E-state index contributed by atoms with van der Waals surface area (Å²) in [6.07, 6.45) is 0.497. The smallest absolute Gasteiger partial charge is 0.309 e. The molecule has 0 unspecified atom stereocenters. The zero-order chi connectivity index (χ0) is 19.1. The summed E-state index contributed by atoms with van der Waals surface area (Å²) >= 11 is 5.89. The van der Waals surface area contributed by atoms with Crippen LogP contribution in [-0.4, -0.2) is 30.3 Å². The van der Waals surface area contributed by atoms with Gasteiger partial charge in [-0.05, 0) is 35.9 Å². The Morgan fingerprint density at radius 1 is 1.19 bits per heavy atom. The predicted octanol–water partition coefficient (Wildman–Crippen LogP) is 3.51. The lowest BCUT2D eigenvalue weighted by atomic mass is 10.2. The molecule has 0 amide bonds. The summed E-state index contributed by atoms with van der Waals surface area (Å²) in [5, 5.41) is 9.99. The summed E-state index contributed by atoms with van der Waals surface area (Å²) < 4.78 is 40.0. The fraction of sp³-hybridized carbons (Fsp3) is 0.167. The van der Waals surface area contributed by atoms with Gasteiger partial charge in [0.05, 0.1) is 16.8 Å². The van der Waals surface area contributed by atoms with Gasteiger partial charge in [-0.1, -0.05) is 23.7 Å². The van der Waals surface area contributed by atoms with Gasteiger partial charge in [-0.2, -0.15) is 0 Å². The first kappa shape index (κ1) is 18.4.